The van der Waals surface area contributed by atoms with Crippen LogP contribution in [-0.2, 0) is 9.53 Å². The number of carbonyl (C=O) groups excluding carboxylic acids is 1. The van der Waals surface area contributed by atoms with Crippen molar-refractivity contribution in [2.75, 3.05) is 11.9 Å². The van der Waals surface area contributed by atoms with Gasteiger partial charge in [0, 0.05) is 18.2 Å². The summed E-state index contributed by atoms with van der Waals surface area (Å²) in [4.78, 5) is 15.5. The van der Waals surface area contributed by atoms with Crippen LogP contribution < -0.4 is 5.32 Å². The van der Waals surface area contributed by atoms with E-state index in [0.29, 0.717) is 18.4 Å². The molecule has 1 amide bonds. The first-order chi connectivity index (χ1) is 8.56. The number of hydrogen-bond donors (Lipinski definition) is 1. The maximum Gasteiger partial charge on any atom is 0.221 e. The van der Waals surface area contributed by atoms with E-state index < -0.39 is 0 Å². The molecule has 0 bridgehead atoms. The average Bonchev–Trinajstić information content (AvgIpc) is 2.78. The van der Waals surface area contributed by atoms with Crippen LogP contribution in [-0.4, -0.2) is 24.5 Å². The highest BCUT2D eigenvalue weighted by atomic mass is 16.5. The Morgan fingerprint density at radius 2 is 2.06 bits per heavy atom. The van der Waals surface area contributed by atoms with Gasteiger partial charge in [-0.15, -0.1) is 0 Å². The minimum Gasteiger partial charge on any atom is -0.475 e. The van der Waals surface area contributed by atoms with Crippen LogP contribution in [0.2, 0.25) is 0 Å². The molecule has 0 aromatic heterocycles. The number of amides is 1. The summed E-state index contributed by atoms with van der Waals surface area (Å²) in [6.07, 6.45) is 0. The quantitative estimate of drug-likeness (QED) is 0.890. The van der Waals surface area contributed by atoms with Crippen LogP contribution in [0.4, 0.5) is 5.69 Å². The lowest BCUT2D eigenvalue weighted by atomic mass is 10.1. The van der Waals surface area contributed by atoms with Crippen molar-refractivity contribution in [1.82, 2.24) is 0 Å². The molecule has 18 heavy (non-hydrogen) atoms. The van der Waals surface area contributed by atoms with E-state index in [9.17, 15) is 4.79 Å². The standard InChI is InChI=1S/C14H18N2O2/c1-9(2)13-8-18-14(16-13)11-4-6-12(7-5-11)15-10(3)17/h4-7,9,13H,8H2,1-3H3,(H,15,17). The lowest BCUT2D eigenvalue weighted by Gasteiger charge is -2.06. The van der Waals surface area contributed by atoms with E-state index in [2.05, 4.69) is 24.2 Å². The third-order valence-electron chi connectivity index (χ3n) is 2.90. The highest BCUT2D eigenvalue weighted by molar-refractivity contribution is 5.96. The predicted molar refractivity (Wildman–Crippen MR) is 71.9 cm³/mol. The Morgan fingerprint density at radius 3 is 2.56 bits per heavy atom. The summed E-state index contributed by atoms with van der Waals surface area (Å²) in [5.41, 5.74) is 1.73. The van der Waals surface area contributed by atoms with Crippen molar-refractivity contribution in [1.29, 1.82) is 0 Å². The van der Waals surface area contributed by atoms with Gasteiger partial charge in [0.15, 0.2) is 0 Å². The van der Waals surface area contributed by atoms with Gasteiger partial charge in [-0.25, -0.2) is 4.99 Å². The minimum absolute atomic E-state index is 0.0721. The fraction of sp³-hybridized carbons (Fsp3) is 0.429. The second kappa shape index (κ2) is 5.21. The Morgan fingerprint density at radius 1 is 1.39 bits per heavy atom. The van der Waals surface area contributed by atoms with Gasteiger partial charge in [0.1, 0.15) is 6.61 Å². The summed E-state index contributed by atoms with van der Waals surface area (Å²) in [7, 11) is 0. The topological polar surface area (TPSA) is 50.7 Å². The fourth-order valence-corrected chi connectivity index (χ4v) is 1.79. The number of nitrogens with zero attached hydrogens (tertiary/aromatic N) is 1. The average molecular weight is 246 g/mol. The van der Waals surface area contributed by atoms with Gasteiger partial charge >= 0.3 is 0 Å². The lowest BCUT2D eigenvalue weighted by Crippen LogP contribution is -2.13. The number of aliphatic imine (C=N–C) groups is 1. The first-order valence-corrected chi connectivity index (χ1v) is 6.15. The molecule has 96 valence electrons. The van der Waals surface area contributed by atoms with Crippen LogP contribution in [0.1, 0.15) is 26.3 Å². The molecule has 0 saturated carbocycles. The van der Waals surface area contributed by atoms with Crippen molar-refractivity contribution in [3.8, 4) is 0 Å². The molecule has 1 heterocycles. The number of carbonyl (C=O) groups is 1. The first-order valence-electron chi connectivity index (χ1n) is 6.15. The van der Waals surface area contributed by atoms with Gasteiger partial charge in [-0.3, -0.25) is 4.79 Å². The Balaban J connectivity index is 2.11. The molecular weight excluding hydrogens is 228 g/mol. The van der Waals surface area contributed by atoms with Crippen LogP contribution in [0.15, 0.2) is 29.3 Å². The fourth-order valence-electron chi connectivity index (χ4n) is 1.79. The molecule has 0 fully saturated rings. The number of hydrogen-bond acceptors (Lipinski definition) is 3. The Bertz CT molecular complexity index is 463. The Labute approximate surface area is 107 Å². The van der Waals surface area contributed by atoms with Gasteiger partial charge in [0.2, 0.25) is 11.8 Å². The molecule has 0 radical (unpaired) electrons. The van der Waals surface area contributed by atoms with Crippen molar-refractivity contribution < 1.29 is 9.53 Å². The smallest absolute Gasteiger partial charge is 0.221 e. The van der Waals surface area contributed by atoms with E-state index in [1.165, 1.54) is 6.92 Å². The minimum atomic E-state index is -0.0721. The number of rotatable bonds is 3. The highest BCUT2D eigenvalue weighted by Crippen LogP contribution is 2.18. The summed E-state index contributed by atoms with van der Waals surface area (Å²) >= 11 is 0. The SMILES string of the molecule is CC(=O)Nc1ccc(C2=NC(C(C)C)CO2)cc1. The van der Waals surface area contributed by atoms with Crippen LogP contribution in [0.25, 0.3) is 0 Å². The summed E-state index contributed by atoms with van der Waals surface area (Å²) in [6, 6.07) is 7.77. The summed E-state index contributed by atoms with van der Waals surface area (Å²) in [6.45, 7) is 6.42. The molecule has 4 heteroatoms. The molecule has 1 aliphatic rings. The van der Waals surface area contributed by atoms with E-state index in [1.54, 1.807) is 0 Å². The van der Waals surface area contributed by atoms with Gasteiger partial charge in [0.05, 0.1) is 6.04 Å². The van der Waals surface area contributed by atoms with Gasteiger partial charge < -0.3 is 10.1 Å². The zero-order chi connectivity index (χ0) is 13.1. The Kier molecular flexibility index (Phi) is 3.65. The second-order valence-corrected chi connectivity index (χ2v) is 4.82. The lowest BCUT2D eigenvalue weighted by molar-refractivity contribution is -0.114. The van der Waals surface area contributed by atoms with Crippen LogP contribution >= 0.6 is 0 Å². The van der Waals surface area contributed by atoms with E-state index in [-0.39, 0.29) is 11.9 Å². The molecule has 0 spiro atoms. The molecule has 1 unspecified atom stereocenters. The van der Waals surface area contributed by atoms with Gasteiger partial charge in [0.25, 0.3) is 0 Å². The number of nitrogens with one attached hydrogen (secondary N) is 1. The molecule has 1 N–H and O–H groups in total. The molecule has 1 aromatic rings. The van der Waals surface area contributed by atoms with Gasteiger partial charge in [-0.2, -0.15) is 0 Å². The summed E-state index contributed by atoms with van der Waals surface area (Å²) in [5.74, 6) is 1.11. The normalized spacial score (nSPS) is 18.4. The van der Waals surface area contributed by atoms with E-state index in [1.807, 2.05) is 24.3 Å². The summed E-state index contributed by atoms with van der Waals surface area (Å²) in [5, 5.41) is 2.73. The highest BCUT2D eigenvalue weighted by Gasteiger charge is 2.22. The van der Waals surface area contributed by atoms with Crippen molar-refractivity contribution >= 4 is 17.5 Å². The summed E-state index contributed by atoms with van der Waals surface area (Å²) < 4.78 is 5.60. The third kappa shape index (κ3) is 2.88. The maximum absolute atomic E-state index is 10.9. The first kappa shape index (κ1) is 12.6. The molecule has 0 saturated heterocycles. The van der Waals surface area contributed by atoms with Crippen molar-refractivity contribution in [3.05, 3.63) is 29.8 Å². The molecule has 1 aliphatic heterocycles. The molecule has 1 aromatic carbocycles. The largest absolute Gasteiger partial charge is 0.475 e. The van der Waals surface area contributed by atoms with Gasteiger partial charge in [-0.05, 0) is 30.2 Å². The predicted octanol–water partition coefficient (Wildman–Crippen LogP) is 2.45. The van der Waals surface area contributed by atoms with Crippen LogP contribution in [0.3, 0.4) is 0 Å². The van der Waals surface area contributed by atoms with E-state index >= 15 is 0 Å². The molecular formula is C14H18N2O2. The van der Waals surface area contributed by atoms with Crippen LogP contribution in [0, 0.1) is 5.92 Å². The zero-order valence-electron chi connectivity index (χ0n) is 10.9. The molecule has 1 atom stereocenters. The molecule has 0 aliphatic carbocycles. The number of ether oxygens (including phenoxy) is 1. The second-order valence-electron chi connectivity index (χ2n) is 4.82. The molecule has 4 nitrogen and oxygen atoms in total. The zero-order valence-corrected chi connectivity index (χ0v) is 10.9. The third-order valence-corrected chi connectivity index (χ3v) is 2.90. The molecule has 2 rings (SSSR count). The number of anilines is 1. The Hall–Kier alpha value is -1.84. The van der Waals surface area contributed by atoms with E-state index in [4.69, 9.17) is 4.74 Å². The van der Waals surface area contributed by atoms with Crippen molar-refractivity contribution in [3.63, 3.8) is 0 Å². The van der Waals surface area contributed by atoms with Crippen molar-refractivity contribution in [2.24, 2.45) is 10.9 Å². The monoisotopic (exact) mass is 246 g/mol. The maximum atomic E-state index is 10.9. The number of benzene rings is 1. The van der Waals surface area contributed by atoms with Crippen molar-refractivity contribution in [2.45, 2.75) is 26.8 Å². The van der Waals surface area contributed by atoms with E-state index in [0.717, 1.165) is 11.3 Å². The van der Waals surface area contributed by atoms with Gasteiger partial charge in [-0.1, -0.05) is 13.8 Å². The van der Waals surface area contributed by atoms with Crippen LogP contribution in [0.5, 0.6) is 0 Å².